The summed E-state index contributed by atoms with van der Waals surface area (Å²) in [4.78, 5) is 26.6. The van der Waals surface area contributed by atoms with E-state index in [2.05, 4.69) is 0 Å². The number of hydrogen-bond donors (Lipinski definition) is 0. The number of likely N-dealkylation sites (N-methyl/N-ethyl adjacent to an activating group) is 1. The smallest absolute Gasteiger partial charge is 0.246 e. The second-order valence-electron chi connectivity index (χ2n) is 8.56. The van der Waals surface area contributed by atoms with Gasteiger partial charge in [-0.2, -0.15) is 4.31 Å². The number of ether oxygens (including phenoxy) is 1. The molecule has 184 valence electrons. The molecule has 0 bridgehead atoms. The second-order valence-corrected chi connectivity index (χ2v) is 10.5. The Morgan fingerprint density at radius 3 is 2.21 bits per heavy atom. The summed E-state index contributed by atoms with van der Waals surface area (Å²) in [6, 6.07) is 10.7. The highest BCUT2D eigenvalue weighted by Crippen LogP contribution is 2.30. The van der Waals surface area contributed by atoms with Crippen molar-refractivity contribution in [2.24, 2.45) is 0 Å². The molecule has 2 aromatic rings. The number of halogens is 1. The summed E-state index contributed by atoms with van der Waals surface area (Å²) >= 11 is 0. The molecule has 0 amide bonds. The summed E-state index contributed by atoms with van der Waals surface area (Å²) in [5.41, 5.74) is 1.16. The lowest BCUT2D eigenvalue weighted by Gasteiger charge is -2.19. The highest BCUT2D eigenvalue weighted by atomic mass is 32.2. The first kappa shape index (κ1) is 26.0. The lowest BCUT2D eigenvalue weighted by atomic mass is 10.1. The Kier molecular flexibility index (Phi) is 8.93. The zero-order valence-electron chi connectivity index (χ0n) is 19.6. The molecule has 3 rings (SSSR count). The minimum atomic E-state index is -3.71. The van der Waals surface area contributed by atoms with E-state index < -0.39 is 15.8 Å². The molecule has 0 aromatic heterocycles. The van der Waals surface area contributed by atoms with Crippen molar-refractivity contribution >= 4 is 21.6 Å². The van der Waals surface area contributed by atoms with Crippen LogP contribution in [0.25, 0.3) is 0 Å². The average Bonchev–Trinajstić information content (AvgIpc) is 3.30. The van der Waals surface area contributed by atoms with Gasteiger partial charge in [0.2, 0.25) is 10.0 Å². The van der Waals surface area contributed by atoms with E-state index in [0.29, 0.717) is 30.8 Å². The summed E-state index contributed by atoms with van der Waals surface area (Å²) in [6.45, 7) is 3.16. The minimum Gasteiger partial charge on any atom is -0.492 e. The van der Waals surface area contributed by atoms with E-state index in [0.717, 1.165) is 12.8 Å². The van der Waals surface area contributed by atoms with Crippen LogP contribution >= 0.6 is 0 Å². The largest absolute Gasteiger partial charge is 0.492 e. The Labute approximate surface area is 200 Å². The highest BCUT2D eigenvalue weighted by molar-refractivity contribution is 7.89. The van der Waals surface area contributed by atoms with E-state index in [-0.39, 0.29) is 48.1 Å². The van der Waals surface area contributed by atoms with Crippen LogP contribution in [-0.2, 0) is 32.5 Å². The molecule has 34 heavy (non-hydrogen) atoms. The van der Waals surface area contributed by atoms with Gasteiger partial charge < -0.3 is 4.74 Å². The molecule has 1 aliphatic rings. The monoisotopic (exact) mass is 490 g/mol. The summed E-state index contributed by atoms with van der Waals surface area (Å²) < 4.78 is 46.6. The van der Waals surface area contributed by atoms with Gasteiger partial charge in [-0.1, -0.05) is 18.2 Å². The molecular formula is C25H31FN2O5S. The van der Waals surface area contributed by atoms with E-state index in [1.165, 1.54) is 22.5 Å². The first-order valence-corrected chi connectivity index (χ1v) is 12.9. The number of carbonyl (C=O) groups is 2. The molecule has 0 aliphatic carbocycles. The van der Waals surface area contributed by atoms with Gasteiger partial charge in [0.25, 0.3) is 0 Å². The van der Waals surface area contributed by atoms with Gasteiger partial charge in [-0.3, -0.25) is 14.5 Å². The van der Waals surface area contributed by atoms with E-state index in [1.807, 2.05) is 0 Å². The molecule has 0 radical (unpaired) electrons. The quantitative estimate of drug-likeness (QED) is 0.455. The second kappa shape index (κ2) is 11.7. The number of nitrogens with zero attached hydrogens (tertiary/aromatic N) is 2. The Hall–Kier alpha value is -2.62. The molecule has 1 aliphatic heterocycles. The maximum absolute atomic E-state index is 13.3. The molecular weight excluding hydrogens is 459 g/mol. The van der Waals surface area contributed by atoms with Crippen molar-refractivity contribution in [3.05, 3.63) is 59.4 Å². The van der Waals surface area contributed by atoms with Crippen LogP contribution in [0.4, 0.5) is 4.39 Å². The normalized spacial score (nSPS) is 14.5. The van der Waals surface area contributed by atoms with Crippen LogP contribution in [-0.4, -0.2) is 69.0 Å². The maximum atomic E-state index is 13.3. The van der Waals surface area contributed by atoms with Gasteiger partial charge in [0, 0.05) is 25.9 Å². The molecule has 0 N–H and O–H groups in total. The van der Waals surface area contributed by atoms with Crippen molar-refractivity contribution < 1.29 is 27.1 Å². The Morgan fingerprint density at radius 1 is 1.00 bits per heavy atom. The van der Waals surface area contributed by atoms with E-state index in [9.17, 15) is 22.4 Å². The summed E-state index contributed by atoms with van der Waals surface area (Å²) in [6.07, 6.45) is 1.78. The van der Waals surface area contributed by atoms with Crippen LogP contribution in [0.15, 0.2) is 47.4 Å². The first-order chi connectivity index (χ1) is 16.2. The SMILES string of the molecule is CCOc1ccc(CC(=O)CN(C)CC(=O)Cc2cccc(F)c2)cc1S(=O)(=O)N1CCCC1. The van der Waals surface area contributed by atoms with Gasteiger partial charge in [-0.05, 0) is 62.2 Å². The summed E-state index contributed by atoms with van der Waals surface area (Å²) in [7, 11) is -2.04. The number of ketones is 2. The standard InChI is InChI=1S/C25H31FN2O5S/c1-3-33-24-10-9-20(16-25(24)34(31,32)28-11-4-5-12-28)15-23(30)18-27(2)17-22(29)14-19-7-6-8-21(26)13-19/h6-10,13,16H,3-5,11-12,14-15,17-18H2,1-2H3. The minimum absolute atomic E-state index is 0.0380. The average molecular weight is 491 g/mol. The molecule has 7 nitrogen and oxygen atoms in total. The molecule has 2 aromatic carbocycles. The maximum Gasteiger partial charge on any atom is 0.246 e. The molecule has 1 fully saturated rings. The van der Waals surface area contributed by atoms with Gasteiger partial charge in [-0.25, -0.2) is 12.8 Å². The lowest BCUT2D eigenvalue weighted by molar-refractivity contribution is -0.121. The topological polar surface area (TPSA) is 84.0 Å². The number of benzene rings is 2. The molecule has 0 unspecified atom stereocenters. The van der Waals surface area contributed by atoms with E-state index in [1.54, 1.807) is 43.1 Å². The van der Waals surface area contributed by atoms with Crippen LogP contribution < -0.4 is 4.74 Å². The third kappa shape index (κ3) is 6.94. The Morgan fingerprint density at radius 2 is 1.62 bits per heavy atom. The van der Waals surface area contributed by atoms with Crippen LogP contribution in [0.3, 0.4) is 0 Å². The van der Waals surface area contributed by atoms with Crippen molar-refractivity contribution in [2.75, 3.05) is 39.8 Å². The van der Waals surface area contributed by atoms with Crippen LogP contribution in [0.1, 0.15) is 30.9 Å². The van der Waals surface area contributed by atoms with Gasteiger partial charge >= 0.3 is 0 Å². The van der Waals surface area contributed by atoms with Crippen molar-refractivity contribution in [1.29, 1.82) is 0 Å². The van der Waals surface area contributed by atoms with Crippen LogP contribution in [0.5, 0.6) is 5.75 Å². The molecule has 0 spiro atoms. The number of carbonyl (C=O) groups excluding carboxylic acids is 2. The lowest BCUT2D eigenvalue weighted by Crippen LogP contribution is -2.32. The fourth-order valence-electron chi connectivity index (χ4n) is 4.08. The molecule has 1 saturated heterocycles. The zero-order valence-corrected chi connectivity index (χ0v) is 20.4. The molecule has 0 atom stereocenters. The number of Topliss-reactive ketones (excluding diaryl/α,β-unsaturated/α-hetero) is 2. The Bertz CT molecular complexity index is 1130. The van der Waals surface area contributed by atoms with Crippen LogP contribution in [0.2, 0.25) is 0 Å². The summed E-state index contributed by atoms with van der Waals surface area (Å²) in [5, 5.41) is 0. The van der Waals surface area contributed by atoms with E-state index >= 15 is 0 Å². The Balaban J connectivity index is 1.63. The predicted octanol–water partition coefficient (Wildman–Crippen LogP) is 2.86. The number of rotatable bonds is 12. The number of sulfonamides is 1. The van der Waals surface area contributed by atoms with Crippen molar-refractivity contribution in [1.82, 2.24) is 9.21 Å². The van der Waals surface area contributed by atoms with Gasteiger partial charge in [-0.15, -0.1) is 0 Å². The summed E-state index contributed by atoms with van der Waals surface area (Å²) in [5.74, 6) is -0.378. The fourth-order valence-corrected chi connectivity index (χ4v) is 5.78. The zero-order chi connectivity index (χ0) is 24.7. The third-order valence-electron chi connectivity index (χ3n) is 5.57. The molecule has 0 saturated carbocycles. The van der Waals surface area contributed by atoms with Gasteiger partial charge in [0.05, 0.1) is 19.7 Å². The molecule has 1 heterocycles. The molecule has 9 heteroatoms. The van der Waals surface area contributed by atoms with Crippen molar-refractivity contribution in [2.45, 2.75) is 37.5 Å². The first-order valence-electron chi connectivity index (χ1n) is 11.4. The number of hydrogen-bond acceptors (Lipinski definition) is 6. The highest BCUT2D eigenvalue weighted by Gasteiger charge is 2.30. The third-order valence-corrected chi connectivity index (χ3v) is 7.49. The fraction of sp³-hybridized carbons (Fsp3) is 0.440. The van der Waals surface area contributed by atoms with Crippen LogP contribution in [0, 0.1) is 5.82 Å². The van der Waals surface area contributed by atoms with Crippen molar-refractivity contribution in [3.8, 4) is 5.75 Å². The van der Waals surface area contributed by atoms with Gasteiger partial charge in [0.1, 0.15) is 16.5 Å². The predicted molar refractivity (Wildman–Crippen MR) is 127 cm³/mol. The van der Waals surface area contributed by atoms with E-state index in [4.69, 9.17) is 4.74 Å². The van der Waals surface area contributed by atoms with Crippen molar-refractivity contribution in [3.63, 3.8) is 0 Å². The van der Waals surface area contributed by atoms with Gasteiger partial charge in [0.15, 0.2) is 11.6 Å².